The molecule has 1 amide bonds. The molecule has 3 aromatic carbocycles. The number of nitrogens with one attached hydrogen (secondary N) is 1. The number of anilines is 1. The van der Waals surface area contributed by atoms with Gasteiger partial charge in [0.05, 0.1) is 16.8 Å². The number of fused-ring (bicyclic) bond motifs is 1. The van der Waals surface area contributed by atoms with Crippen LogP contribution in [0.3, 0.4) is 0 Å². The van der Waals surface area contributed by atoms with E-state index in [4.69, 9.17) is 4.98 Å². The van der Waals surface area contributed by atoms with Gasteiger partial charge in [0.1, 0.15) is 0 Å². The summed E-state index contributed by atoms with van der Waals surface area (Å²) in [6.45, 7) is 6.29. The second kappa shape index (κ2) is 8.50. The van der Waals surface area contributed by atoms with Gasteiger partial charge in [0.2, 0.25) is 0 Å². The number of nitrogens with zero attached hydrogens (tertiary/aromatic N) is 1. The summed E-state index contributed by atoms with van der Waals surface area (Å²) in [5, 5.41) is 4.07. The molecular weight excluding hydrogens is 368 g/mol. The SMILES string of the molecule is CCc1cccc(CC)c1NC(=O)c1cc(-c2cccc(C)c2)nc2ccccc12. The van der Waals surface area contributed by atoms with Crippen molar-refractivity contribution in [1.29, 1.82) is 0 Å². The summed E-state index contributed by atoms with van der Waals surface area (Å²) in [6.07, 6.45) is 1.74. The molecule has 0 aliphatic heterocycles. The van der Waals surface area contributed by atoms with Crippen LogP contribution in [0.15, 0.2) is 72.8 Å². The second-order valence-corrected chi connectivity index (χ2v) is 7.55. The lowest BCUT2D eigenvalue weighted by molar-refractivity contribution is 0.102. The molecule has 0 saturated carbocycles. The van der Waals surface area contributed by atoms with Crippen LogP contribution in [-0.2, 0) is 12.8 Å². The van der Waals surface area contributed by atoms with Crippen LogP contribution >= 0.6 is 0 Å². The van der Waals surface area contributed by atoms with Crippen molar-refractivity contribution in [3.05, 3.63) is 95.1 Å². The molecule has 0 aliphatic carbocycles. The molecule has 0 saturated heterocycles. The van der Waals surface area contributed by atoms with E-state index in [1.54, 1.807) is 0 Å². The van der Waals surface area contributed by atoms with E-state index in [1.165, 1.54) is 0 Å². The number of carbonyl (C=O) groups excluding carboxylic acids is 1. The van der Waals surface area contributed by atoms with Crippen molar-refractivity contribution in [2.24, 2.45) is 0 Å². The van der Waals surface area contributed by atoms with Crippen molar-refractivity contribution in [2.75, 3.05) is 5.32 Å². The Morgan fingerprint density at radius 1 is 0.867 bits per heavy atom. The molecule has 3 heteroatoms. The minimum absolute atomic E-state index is 0.0990. The number of aromatic nitrogens is 1. The lowest BCUT2D eigenvalue weighted by Crippen LogP contribution is -2.16. The molecule has 0 fully saturated rings. The summed E-state index contributed by atoms with van der Waals surface area (Å²) in [4.78, 5) is 18.3. The fraction of sp³-hybridized carbons (Fsp3) is 0.185. The maximum Gasteiger partial charge on any atom is 0.256 e. The average Bonchev–Trinajstić information content (AvgIpc) is 2.78. The molecule has 0 spiro atoms. The second-order valence-electron chi connectivity index (χ2n) is 7.55. The van der Waals surface area contributed by atoms with Gasteiger partial charge in [-0.2, -0.15) is 0 Å². The fourth-order valence-electron chi connectivity index (χ4n) is 3.90. The first-order valence-electron chi connectivity index (χ1n) is 10.5. The van der Waals surface area contributed by atoms with Crippen molar-refractivity contribution >= 4 is 22.5 Å². The zero-order chi connectivity index (χ0) is 21.1. The summed E-state index contributed by atoms with van der Waals surface area (Å²) < 4.78 is 0. The van der Waals surface area contributed by atoms with Gasteiger partial charge >= 0.3 is 0 Å². The van der Waals surface area contributed by atoms with Crippen molar-refractivity contribution in [2.45, 2.75) is 33.6 Å². The van der Waals surface area contributed by atoms with Crippen LogP contribution in [0.5, 0.6) is 0 Å². The van der Waals surface area contributed by atoms with Crippen LogP contribution in [0.1, 0.15) is 40.9 Å². The molecule has 0 atom stereocenters. The van der Waals surface area contributed by atoms with Gasteiger partial charge in [0.25, 0.3) is 5.91 Å². The van der Waals surface area contributed by atoms with Crippen molar-refractivity contribution in [1.82, 2.24) is 4.98 Å². The minimum atomic E-state index is -0.0990. The van der Waals surface area contributed by atoms with Gasteiger partial charge in [-0.3, -0.25) is 4.79 Å². The number of hydrogen-bond acceptors (Lipinski definition) is 2. The number of carbonyl (C=O) groups is 1. The van der Waals surface area contributed by atoms with Gasteiger partial charge in [0, 0.05) is 16.6 Å². The third kappa shape index (κ3) is 3.84. The Kier molecular flexibility index (Phi) is 5.62. The molecule has 30 heavy (non-hydrogen) atoms. The van der Waals surface area contributed by atoms with E-state index in [-0.39, 0.29) is 5.91 Å². The van der Waals surface area contributed by atoms with E-state index in [1.807, 2.05) is 42.5 Å². The standard InChI is InChI=1S/C27H26N2O/c1-4-19-11-9-12-20(5-2)26(19)29-27(30)23-17-25(21-13-8-10-18(3)16-21)28-24-15-7-6-14-22(23)24/h6-17H,4-5H2,1-3H3,(H,29,30). The third-order valence-corrected chi connectivity index (χ3v) is 5.51. The van der Waals surface area contributed by atoms with E-state index in [0.29, 0.717) is 5.56 Å². The fourth-order valence-corrected chi connectivity index (χ4v) is 3.90. The summed E-state index contributed by atoms with van der Waals surface area (Å²) in [5.41, 5.74) is 7.69. The highest BCUT2D eigenvalue weighted by Crippen LogP contribution is 2.28. The molecular formula is C27H26N2O. The quantitative estimate of drug-likeness (QED) is 0.415. The van der Waals surface area contributed by atoms with E-state index >= 15 is 0 Å². The van der Waals surface area contributed by atoms with E-state index in [2.05, 4.69) is 56.4 Å². The van der Waals surface area contributed by atoms with Gasteiger partial charge in [-0.1, -0.05) is 74.0 Å². The highest BCUT2D eigenvalue weighted by atomic mass is 16.1. The van der Waals surface area contributed by atoms with E-state index in [0.717, 1.165) is 57.4 Å². The number of hydrogen-bond donors (Lipinski definition) is 1. The number of pyridine rings is 1. The van der Waals surface area contributed by atoms with Crippen molar-refractivity contribution in [3.8, 4) is 11.3 Å². The lowest BCUT2D eigenvalue weighted by atomic mass is 10.0. The van der Waals surface area contributed by atoms with Crippen molar-refractivity contribution < 1.29 is 4.79 Å². The van der Waals surface area contributed by atoms with Gasteiger partial charge in [0.15, 0.2) is 0 Å². The third-order valence-electron chi connectivity index (χ3n) is 5.51. The van der Waals surface area contributed by atoms with Crippen LogP contribution < -0.4 is 5.32 Å². The monoisotopic (exact) mass is 394 g/mol. The molecule has 0 bridgehead atoms. The molecule has 4 aromatic rings. The summed E-state index contributed by atoms with van der Waals surface area (Å²) in [5.74, 6) is -0.0990. The number of para-hydroxylation sites is 2. The van der Waals surface area contributed by atoms with Gasteiger partial charge in [-0.05, 0) is 49.1 Å². The Balaban J connectivity index is 1.83. The number of amides is 1. The minimum Gasteiger partial charge on any atom is -0.321 e. The highest BCUT2D eigenvalue weighted by molar-refractivity contribution is 6.13. The number of benzene rings is 3. The maximum atomic E-state index is 13.5. The average molecular weight is 395 g/mol. The molecule has 0 radical (unpaired) electrons. The Labute approximate surface area is 177 Å². The summed E-state index contributed by atoms with van der Waals surface area (Å²) in [7, 11) is 0. The largest absolute Gasteiger partial charge is 0.321 e. The molecule has 3 nitrogen and oxygen atoms in total. The topological polar surface area (TPSA) is 42.0 Å². The van der Waals surface area contributed by atoms with Gasteiger partial charge in [-0.15, -0.1) is 0 Å². The van der Waals surface area contributed by atoms with Crippen LogP contribution in [0.25, 0.3) is 22.2 Å². The molecule has 1 heterocycles. The van der Waals surface area contributed by atoms with Crippen LogP contribution in [0.4, 0.5) is 5.69 Å². The van der Waals surface area contributed by atoms with Crippen LogP contribution in [0.2, 0.25) is 0 Å². The van der Waals surface area contributed by atoms with E-state index < -0.39 is 0 Å². The maximum absolute atomic E-state index is 13.5. The Morgan fingerprint density at radius 2 is 1.57 bits per heavy atom. The molecule has 0 aliphatic rings. The van der Waals surface area contributed by atoms with Gasteiger partial charge < -0.3 is 5.32 Å². The smallest absolute Gasteiger partial charge is 0.256 e. The summed E-state index contributed by atoms with van der Waals surface area (Å²) in [6, 6.07) is 24.2. The Bertz CT molecular complexity index is 1200. The Hall–Kier alpha value is -3.46. The summed E-state index contributed by atoms with van der Waals surface area (Å²) >= 11 is 0. The first-order valence-corrected chi connectivity index (χ1v) is 10.5. The molecule has 1 N–H and O–H groups in total. The van der Waals surface area contributed by atoms with Crippen LogP contribution in [0, 0.1) is 6.92 Å². The number of rotatable bonds is 5. The molecule has 150 valence electrons. The highest BCUT2D eigenvalue weighted by Gasteiger charge is 2.16. The van der Waals surface area contributed by atoms with Crippen LogP contribution in [-0.4, -0.2) is 10.9 Å². The Morgan fingerprint density at radius 3 is 2.27 bits per heavy atom. The zero-order valence-corrected chi connectivity index (χ0v) is 17.7. The zero-order valence-electron chi connectivity index (χ0n) is 17.7. The first-order chi connectivity index (χ1) is 14.6. The van der Waals surface area contributed by atoms with E-state index in [9.17, 15) is 4.79 Å². The predicted octanol–water partition coefficient (Wildman–Crippen LogP) is 6.59. The molecule has 4 rings (SSSR count). The van der Waals surface area contributed by atoms with Crippen molar-refractivity contribution in [3.63, 3.8) is 0 Å². The lowest BCUT2D eigenvalue weighted by Gasteiger charge is -2.16. The molecule has 0 unspecified atom stereocenters. The van der Waals surface area contributed by atoms with Gasteiger partial charge in [-0.25, -0.2) is 4.98 Å². The molecule has 1 aromatic heterocycles. The predicted molar refractivity (Wildman–Crippen MR) is 125 cm³/mol. The normalized spacial score (nSPS) is 10.9. The number of aryl methyl sites for hydroxylation is 3. The first kappa shape index (κ1) is 19.8.